The van der Waals surface area contributed by atoms with E-state index < -0.39 is 39.7 Å². The third kappa shape index (κ3) is 6.56. The highest BCUT2D eigenvalue weighted by Crippen LogP contribution is 2.29. The third-order valence-electron chi connectivity index (χ3n) is 3.66. The Kier molecular flexibility index (Phi) is 6.61. The zero-order chi connectivity index (χ0) is 19.4. The van der Waals surface area contributed by atoms with E-state index in [-0.39, 0.29) is 12.1 Å². The first kappa shape index (κ1) is 20.6. The Morgan fingerprint density at radius 3 is 2.54 bits per heavy atom. The van der Waals surface area contributed by atoms with Crippen molar-refractivity contribution in [3.05, 3.63) is 35.4 Å². The molecule has 146 valence electrons. The Hall–Kier alpha value is -1.69. The Bertz CT molecular complexity index is 731. The van der Waals surface area contributed by atoms with Crippen LogP contribution in [0.25, 0.3) is 0 Å². The van der Waals surface area contributed by atoms with E-state index in [0.717, 1.165) is 18.2 Å². The van der Waals surface area contributed by atoms with Crippen molar-refractivity contribution in [1.29, 1.82) is 0 Å². The van der Waals surface area contributed by atoms with Crippen molar-refractivity contribution in [2.75, 3.05) is 38.6 Å². The lowest BCUT2D eigenvalue weighted by molar-refractivity contribution is -0.137. The zero-order valence-electron chi connectivity index (χ0n) is 13.6. The summed E-state index contributed by atoms with van der Waals surface area (Å²) >= 11 is 0. The van der Waals surface area contributed by atoms with Crippen molar-refractivity contribution in [3.8, 4) is 0 Å². The summed E-state index contributed by atoms with van der Waals surface area (Å²) in [4.78, 5) is 13.9. The summed E-state index contributed by atoms with van der Waals surface area (Å²) in [5, 5.41) is 0. The van der Waals surface area contributed by atoms with E-state index in [1.54, 1.807) is 4.90 Å². The quantitative estimate of drug-likeness (QED) is 0.574. The molecular formula is C15H18F3NO6S. The average molecular weight is 397 g/mol. The summed E-state index contributed by atoms with van der Waals surface area (Å²) in [5.41, 5.74) is -1.38. The molecule has 0 spiro atoms. The fourth-order valence-electron chi connectivity index (χ4n) is 2.47. The van der Waals surface area contributed by atoms with Crippen molar-refractivity contribution < 1.29 is 40.4 Å². The standard InChI is InChI=1S/C15H18F3NO6S/c16-15(17,18)12-3-1-2-11(8-12)14(20)25-13(10-26(21,22)23)9-19-4-6-24-7-5-19/h1-3,8,13H,4-7,9-10H2,(H,21,22,23). The van der Waals surface area contributed by atoms with Crippen molar-refractivity contribution in [1.82, 2.24) is 4.90 Å². The summed E-state index contributed by atoms with van der Waals surface area (Å²) in [7, 11) is -4.45. The van der Waals surface area contributed by atoms with Gasteiger partial charge < -0.3 is 9.47 Å². The van der Waals surface area contributed by atoms with Crippen LogP contribution in [0, 0.1) is 0 Å². The van der Waals surface area contributed by atoms with Gasteiger partial charge >= 0.3 is 12.1 Å². The van der Waals surface area contributed by atoms with E-state index in [1.807, 2.05) is 0 Å². The monoisotopic (exact) mass is 397 g/mol. The lowest BCUT2D eigenvalue weighted by atomic mass is 10.1. The lowest BCUT2D eigenvalue weighted by Crippen LogP contribution is -2.44. The number of carbonyl (C=O) groups excluding carboxylic acids is 1. The number of ether oxygens (including phenoxy) is 2. The van der Waals surface area contributed by atoms with E-state index >= 15 is 0 Å². The number of esters is 1. The van der Waals surface area contributed by atoms with Crippen LogP contribution in [0.5, 0.6) is 0 Å². The number of halogens is 3. The molecular weight excluding hydrogens is 379 g/mol. The molecule has 1 unspecified atom stereocenters. The van der Waals surface area contributed by atoms with Crippen LogP contribution in [0.3, 0.4) is 0 Å². The van der Waals surface area contributed by atoms with Gasteiger partial charge in [-0.05, 0) is 18.2 Å². The summed E-state index contributed by atoms with van der Waals surface area (Å²) in [6.07, 6.45) is -5.86. The molecule has 0 aliphatic carbocycles. The largest absolute Gasteiger partial charge is 0.456 e. The minimum atomic E-state index is -4.63. The van der Waals surface area contributed by atoms with Gasteiger partial charge in [0.25, 0.3) is 10.1 Å². The molecule has 1 aliphatic heterocycles. The number of rotatable bonds is 6. The molecule has 1 aromatic rings. The maximum Gasteiger partial charge on any atom is 0.416 e. The van der Waals surface area contributed by atoms with Crippen LogP contribution in [0.1, 0.15) is 15.9 Å². The SMILES string of the molecule is O=C(OC(CN1CCOCC1)CS(=O)(=O)O)c1cccc(C(F)(F)F)c1. The molecule has 26 heavy (non-hydrogen) atoms. The summed E-state index contributed by atoms with van der Waals surface area (Å²) in [6.45, 7) is 1.79. The minimum absolute atomic E-state index is 0.00779. The van der Waals surface area contributed by atoms with Gasteiger partial charge in [-0.3, -0.25) is 9.45 Å². The number of carbonyl (C=O) groups is 1. The van der Waals surface area contributed by atoms with Gasteiger partial charge in [-0.1, -0.05) is 6.07 Å². The zero-order valence-corrected chi connectivity index (χ0v) is 14.4. The molecule has 1 aromatic carbocycles. The molecule has 1 fully saturated rings. The van der Waals surface area contributed by atoms with E-state index in [0.29, 0.717) is 32.4 Å². The van der Waals surface area contributed by atoms with Crippen molar-refractivity contribution in [2.24, 2.45) is 0 Å². The van der Waals surface area contributed by atoms with Gasteiger partial charge in [-0.2, -0.15) is 21.6 Å². The Balaban J connectivity index is 2.12. The Labute approximate surface area is 148 Å². The maximum absolute atomic E-state index is 12.7. The fourth-order valence-corrected chi connectivity index (χ4v) is 3.12. The molecule has 2 rings (SSSR count). The van der Waals surface area contributed by atoms with Crippen LogP contribution < -0.4 is 0 Å². The molecule has 1 saturated heterocycles. The maximum atomic E-state index is 12.7. The topological polar surface area (TPSA) is 93.1 Å². The highest BCUT2D eigenvalue weighted by molar-refractivity contribution is 7.85. The van der Waals surface area contributed by atoms with Gasteiger partial charge in [0.05, 0.1) is 24.3 Å². The number of hydrogen-bond acceptors (Lipinski definition) is 6. The van der Waals surface area contributed by atoms with Gasteiger partial charge in [0.15, 0.2) is 0 Å². The van der Waals surface area contributed by atoms with Gasteiger partial charge in [-0.25, -0.2) is 4.79 Å². The number of alkyl halides is 3. The van der Waals surface area contributed by atoms with E-state index in [4.69, 9.17) is 14.0 Å². The van der Waals surface area contributed by atoms with Crippen molar-refractivity contribution >= 4 is 16.1 Å². The van der Waals surface area contributed by atoms with E-state index in [2.05, 4.69) is 0 Å². The van der Waals surface area contributed by atoms with Crippen LogP contribution >= 0.6 is 0 Å². The Morgan fingerprint density at radius 1 is 1.31 bits per heavy atom. The number of hydrogen-bond donors (Lipinski definition) is 1. The van der Waals surface area contributed by atoms with Crippen LogP contribution in [-0.4, -0.2) is 68.5 Å². The molecule has 0 saturated carbocycles. The minimum Gasteiger partial charge on any atom is -0.456 e. The van der Waals surface area contributed by atoms with Crippen LogP contribution in [0.15, 0.2) is 24.3 Å². The van der Waals surface area contributed by atoms with Gasteiger partial charge in [0.2, 0.25) is 0 Å². The molecule has 0 aromatic heterocycles. The van der Waals surface area contributed by atoms with E-state index in [9.17, 15) is 26.4 Å². The van der Waals surface area contributed by atoms with E-state index in [1.165, 1.54) is 0 Å². The van der Waals surface area contributed by atoms with Gasteiger partial charge in [0, 0.05) is 19.6 Å². The molecule has 11 heteroatoms. The smallest absolute Gasteiger partial charge is 0.416 e. The van der Waals surface area contributed by atoms with Crippen molar-refractivity contribution in [2.45, 2.75) is 12.3 Å². The molecule has 1 aliphatic rings. The second kappa shape index (κ2) is 8.33. The molecule has 0 bridgehead atoms. The number of nitrogens with zero attached hydrogens (tertiary/aromatic N) is 1. The highest BCUT2D eigenvalue weighted by Gasteiger charge is 2.32. The first-order valence-corrected chi connectivity index (χ1v) is 9.29. The number of morpholine rings is 1. The fraction of sp³-hybridized carbons (Fsp3) is 0.533. The molecule has 1 N–H and O–H groups in total. The lowest BCUT2D eigenvalue weighted by Gasteiger charge is -2.29. The summed E-state index contributed by atoms with van der Waals surface area (Å²) < 4.78 is 79.8. The average Bonchev–Trinajstić information content (AvgIpc) is 2.53. The first-order valence-electron chi connectivity index (χ1n) is 7.68. The predicted octanol–water partition coefficient (Wildman–Crippen LogP) is 1.45. The molecule has 0 amide bonds. The van der Waals surface area contributed by atoms with Gasteiger partial charge in [-0.15, -0.1) is 0 Å². The number of benzene rings is 1. The van der Waals surface area contributed by atoms with Crippen LogP contribution in [0.2, 0.25) is 0 Å². The predicted molar refractivity (Wildman–Crippen MR) is 84.3 cm³/mol. The highest BCUT2D eigenvalue weighted by atomic mass is 32.2. The first-order chi connectivity index (χ1) is 12.0. The second-order valence-electron chi connectivity index (χ2n) is 5.77. The molecule has 1 atom stereocenters. The van der Waals surface area contributed by atoms with Crippen LogP contribution in [0.4, 0.5) is 13.2 Å². The normalized spacial score (nSPS) is 17.7. The molecule has 1 heterocycles. The second-order valence-corrected chi connectivity index (χ2v) is 7.26. The third-order valence-corrected chi connectivity index (χ3v) is 4.45. The molecule has 0 radical (unpaired) electrons. The van der Waals surface area contributed by atoms with Crippen molar-refractivity contribution in [3.63, 3.8) is 0 Å². The summed E-state index contributed by atoms with van der Waals surface area (Å²) in [5.74, 6) is -1.95. The summed E-state index contributed by atoms with van der Waals surface area (Å²) in [6, 6.07) is 3.62. The van der Waals surface area contributed by atoms with Gasteiger partial charge in [0.1, 0.15) is 11.9 Å². The Morgan fingerprint density at radius 2 is 1.96 bits per heavy atom. The van der Waals surface area contributed by atoms with Crippen LogP contribution in [-0.2, 0) is 25.8 Å². The molecule has 7 nitrogen and oxygen atoms in total.